The standard InChI is InChI=1S/C16H14N2O6/c19-11-4-3-10(8-12(11)20)5-6-17-16(21)23-15-9-14(24-18-15)13-2-1-7-22-13/h1-4,7-9,19-20H,5-6H2,(H,17,21). The average molecular weight is 330 g/mol. The van der Waals surface area contributed by atoms with Crippen LogP contribution in [0.25, 0.3) is 11.5 Å². The number of hydrogen-bond acceptors (Lipinski definition) is 7. The zero-order chi connectivity index (χ0) is 16.9. The molecule has 0 atom stereocenters. The smallest absolute Gasteiger partial charge is 0.414 e. The van der Waals surface area contributed by atoms with Gasteiger partial charge in [-0.05, 0) is 41.4 Å². The minimum Gasteiger partial charge on any atom is -0.504 e. The number of amides is 1. The van der Waals surface area contributed by atoms with Gasteiger partial charge in [0, 0.05) is 6.54 Å². The summed E-state index contributed by atoms with van der Waals surface area (Å²) in [5, 5.41) is 24.8. The summed E-state index contributed by atoms with van der Waals surface area (Å²) in [5.74, 6) is 0.445. The third kappa shape index (κ3) is 3.67. The first-order chi connectivity index (χ1) is 11.6. The third-order valence-corrected chi connectivity index (χ3v) is 3.17. The molecule has 8 heteroatoms. The largest absolute Gasteiger partial charge is 0.504 e. The molecule has 1 aromatic carbocycles. The van der Waals surface area contributed by atoms with E-state index in [0.29, 0.717) is 17.9 Å². The van der Waals surface area contributed by atoms with Crippen LogP contribution < -0.4 is 10.1 Å². The number of nitrogens with one attached hydrogen (secondary N) is 1. The molecule has 0 unspecified atom stereocenters. The number of carbonyl (C=O) groups excluding carboxylic acids is 1. The Morgan fingerprint density at radius 1 is 1.17 bits per heavy atom. The van der Waals surface area contributed by atoms with E-state index in [2.05, 4.69) is 10.5 Å². The van der Waals surface area contributed by atoms with Crippen LogP contribution in [0.3, 0.4) is 0 Å². The second-order valence-corrected chi connectivity index (χ2v) is 4.90. The van der Waals surface area contributed by atoms with E-state index in [1.54, 1.807) is 18.2 Å². The fraction of sp³-hybridized carbons (Fsp3) is 0.125. The molecule has 0 aliphatic carbocycles. The predicted octanol–water partition coefficient (Wildman–Crippen LogP) is 2.68. The predicted molar refractivity (Wildman–Crippen MR) is 81.7 cm³/mol. The molecule has 0 saturated carbocycles. The normalized spacial score (nSPS) is 10.5. The van der Waals surface area contributed by atoms with Crippen LogP contribution in [0.1, 0.15) is 5.56 Å². The van der Waals surface area contributed by atoms with Gasteiger partial charge in [0.1, 0.15) is 0 Å². The molecule has 2 aromatic heterocycles. The number of carbonyl (C=O) groups is 1. The van der Waals surface area contributed by atoms with Crippen molar-refractivity contribution in [3.8, 4) is 28.9 Å². The fourth-order valence-electron chi connectivity index (χ4n) is 2.01. The second-order valence-electron chi connectivity index (χ2n) is 4.90. The summed E-state index contributed by atoms with van der Waals surface area (Å²) >= 11 is 0. The molecule has 0 fully saturated rings. The van der Waals surface area contributed by atoms with Crippen LogP contribution >= 0.6 is 0 Å². The van der Waals surface area contributed by atoms with Crippen LogP contribution in [-0.2, 0) is 6.42 Å². The van der Waals surface area contributed by atoms with Gasteiger partial charge < -0.3 is 29.2 Å². The van der Waals surface area contributed by atoms with Crippen molar-refractivity contribution in [3.63, 3.8) is 0 Å². The first-order valence-corrected chi connectivity index (χ1v) is 7.09. The van der Waals surface area contributed by atoms with Crippen LogP contribution in [0, 0.1) is 0 Å². The maximum absolute atomic E-state index is 11.7. The van der Waals surface area contributed by atoms with Gasteiger partial charge in [-0.25, -0.2) is 4.79 Å². The Bertz CT molecular complexity index is 825. The van der Waals surface area contributed by atoms with Gasteiger partial charge in [0.15, 0.2) is 17.3 Å². The lowest BCUT2D eigenvalue weighted by molar-refractivity contribution is 0.196. The number of rotatable bonds is 5. The minimum absolute atomic E-state index is 0.0150. The van der Waals surface area contributed by atoms with Gasteiger partial charge in [-0.1, -0.05) is 6.07 Å². The highest BCUT2D eigenvalue weighted by molar-refractivity contribution is 5.70. The van der Waals surface area contributed by atoms with Gasteiger partial charge in [0.05, 0.1) is 12.3 Å². The van der Waals surface area contributed by atoms with E-state index in [9.17, 15) is 15.0 Å². The van der Waals surface area contributed by atoms with Crippen molar-refractivity contribution in [2.75, 3.05) is 6.54 Å². The zero-order valence-electron chi connectivity index (χ0n) is 12.4. The highest BCUT2D eigenvalue weighted by Crippen LogP contribution is 2.25. The van der Waals surface area contributed by atoms with E-state index < -0.39 is 6.09 Å². The van der Waals surface area contributed by atoms with Crippen LogP contribution in [0.2, 0.25) is 0 Å². The number of nitrogens with zero attached hydrogens (tertiary/aromatic N) is 1. The van der Waals surface area contributed by atoms with Crippen LogP contribution in [0.4, 0.5) is 4.79 Å². The average Bonchev–Trinajstić information content (AvgIpc) is 3.22. The van der Waals surface area contributed by atoms with Crippen molar-refractivity contribution in [1.29, 1.82) is 0 Å². The molecule has 24 heavy (non-hydrogen) atoms. The first-order valence-electron chi connectivity index (χ1n) is 7.09. The maximum Gasteiger partial charge on any atom is 0.414 e. The van der Waals surface area contributed by atoms with Crippen molar-refractivity contribution in [2.24, 2.45) is 0 Å². The van der Waals surface area contributed by atoms with E-state index in [-0.39, 0.29) is 23.9 Å². The number of benzene rings is 1. The van der Waals surface area contributed by atoms with E-state index in [0.717, 1.165) is 5.56 Å². The lowest BCUT2D eigenvalue weighted by Crippen LogP contribution is -2.28. The molecule has 0 aliphatic rings. The summed E-state index contributed by atoms with van der Waals surface area (Å²) in [6.45, 7) is 0.284. The molecule has 0 bridgehead atoms. The molecule has 0 radical (unpaired) electrons. The van der Waals surface area contributed by atoms with Gasteiger partial charge in [-0.3, -0.25) is 0 Å². The Kier molecular flexibility index (Phi) is 4.37. The molecule has 3 aromatic rings. The van der Waals surface area contributed by atoms with Gasteiger partial charge >= 0.3 is 6.09 Å². The minimum atomic E-state index is -0.683. The Morgan fingerprint density at radius 2 is 2.04 bits per heavy atom. The number of aromatic nitrogens is 1. The van der Waals surface area contributed by atoms with Gasteiger partial charge in [0.25, 0.3) is 5.88 Å². The quantitative estimate of drug-likeness (QED) is 0.615. The summed E-state index contributed by atoms with van der Waals surface area (Å²) < 4.78 is 15.1. The highest BCUT2D eigenvalue weighted by atomic mass is 16.6. The van der Waals surface area contributed by atoms with Crippen molar-refractivity contribution in [1.82, 2.24) is 10.5 Å². The third-order valence-electron chi connectivity index (χ3n) is 3.17. The lowest BCUT2D eigenvalue weighted by Gasteiger charge is -2.05. The number of aromatic hydroxyl groups is 2. The summed E-state index contributed by atoms with van der Waals surface area (Å²) in [7, 11) is 0. The first kappa shape index (κ1) is 15.5. The molecular weight excluding hydrogens is 316 g/mol. The Balaban J connectivity index is 1.48. The van der Waals surface area contributed by atoms with Crippen molar-refractivity contribution in [3.05, 3.63) is 48.2 Å². The lowest BCUT2D eigenvalue weighted by atomic mass is 10.1. The molecular formula is C16H14N2O6. The topological polar surface area (TPSA) is 118 Å². The monoisotopic (exact) mass is 330 g/mol. The van der Waals surface area contributed by atoms with Gasteiger partial charge in [0.2, 0.25) is 5.76 Å². The Hall–Kier alpha value is -3.42. The molecule has 0 saturated heterocycles. The number of phenolic OH excluding ortho intramolecular Hbond substituents is 2. The molecule has 0 spiro atoms. The number of hydrogen-bond donors (Lipinski definition) is 3. The molecule has 2 heterocycles. The second kappa shape index (κ2) is 6.78. The summed E-state index contributed by atoms with van der Waals surface area (Å²) in [5.41, 5.74) is 0.757. The van der Waals surface area contributed by atoms with Crippen molar-refractivity contribution in [2.45, 2.75) is 6.42 Å². The Labute approximate surface area is 136 Å². The van der Waals surface area contributed by atoms with E-state index >= 15 is 0 Å². The summed E-state index contributed by atoms with van der Waals surface area (Å²) in [4.78, 5) is 11.7. The van der Waals surface area contributed by atoms with Crippen molar-refractivity contribution < 1.29 is 28.7 Å². The molecule has 3 N–H and O–H groups in total. The number of ether oxygens (including phenoxy) is 1. The van der Waals surface area contributed by atoms with Crippen LogP contribution in [0.15, 0.2) is 51.6 Å². The van der Waals surface area contributed by atoms with Crippen LogP contribution in [0.5, 0.6) is 17.4 Å². The number of furan rings is 1. The highest BCUT2D eigenvalue weighted by Gasteiger charge is 2.13. The van der Waals surface area contributed by atoms with Crippen molar-refractivity contribution >= 4 is 6.09 Å². The SMILES string of the molecule is O=C(NCCc1ccc(O)c(O)c1)Oc1cc(-c2ccco2)on1. The zero-order valence-corrected chi connectivity index (χ0v) is 12.4. The molecule has 1 amide bonds. The van der Waals surface area contributed by atoms with E-state index in [1.807, 2.05) is 0 Å². The van der Waals surface area contributed by atoms with Gasteiger partial charge in [-0.15, -0.1) is 0 Å². The number of phenols is 2. The van der Waals surface area contributed by atoms with E-state index in [1.165, 1.54) is 24.5 Å². The fourth-order valence-corrected chi connectivity index (χ4v) is 2.01. The van der Waals surface area contributed by atoms with E-state index in [4.69, 9.17) is 13.7 Å². The van der Waals surface area contributed by atoms with Crippen LogP contribution in [-0.4, -0.2) is 28.0 Å². The summed E-state index contributed by atoms with van der Waals surface area (Å²) in [6.07, 6.45) is 1.27. The molecule has 124 valence electrons. The molecule has 0 aliphatic heterocycles. The molecule has 3 rings (SSSR count). The van der Waals surface area contributed by atoms with Gasteiger partial charge in [-0.2, -0.15) is 0 Å². The molecule has 8 nitrogen and oxygen atoms in total. The summed E-state index contributed by atoms with van der Waals surface area (Å²) in [6, 6.07) is 9.29. The maximum atomic E-state index is 11.7. The Morgan fingerprint density at radius 3 is 2.79 bits per heavy atom.